The second-order valence-corrected chi connectivity index (χ2v) is 16.1. The largest absolute Gasteiger partial charge is 0.508 e. The molecule has 290 valence electrons. The van der Waals surface area contributed by atoms with Gasteiger partial charge in [0.15, 0.2) is 0 Å². The van der Waals surface area contributed by atoms with Gasteiger partial charge >= 0.3 is 0 Å². The number of allylic oxidation sites excluding steroid dienone is 3. The lowest BCUT2D eigenvalue weighted by Crippen LogP contribution is -2.55. The molecule has 5 aliphatic rings. The molecule has 13 heteroatoms. The van der Waals surface area contributed by atoms with Crippen LogP contribution >= 0.6 is 23.2 Å². The molecule has 0 spiro atoms. The molecule has 4 aromatic rings. The molecule has 0 aromatic heterocycles. The fraction of sp³-hybridized carbons (Fsp3) is 0.273. The number of phenolic OH excluding ortho intramolecular Hbond substituents is 2. The summed E-state index contributed by atoms with van der Waals surface area (Å²) in [4.78, 5) is 60.5. The van der Waals surface area contributed by atoms with Gasteiger partial charge in [-0.05, 0) is 103 Å². The Labute approximate surface area is 338 Å². The molecule has 6 atom stereocenters. The van der Waals surface area contributed by atoms with E-state index in [0.29, 0.717) is 45.3 Å². The summed E-state index contributed by atoms with van der Waals surface area (Å²) >= 11 is 12.8. The quantitative estimate of drug-likeness (QED) is 0.127. The highest BCUT2D eigenvalue weighted by Crippen LogP contribution is 2.63. The second kappa shape index (κ2) is 14.0. The Morgan fingerprint density at radius 1 is 0.877 bits per heavy atom. The molecule has 3 fully saturated rings. The predicted molar refractivity (Wildman–Crippen MR) is 210 cm³/mol. The van der Waals surface area contributed by atoms with Crippen molar-refractivity contribution in [2.75, 3.05) is 19.1 Å². The van der Waals surface area contributed by atoms with Crippen molar-refractivity contribution in [1.82, 2.24) is 9.91 Å². The van der Waals surface area contributed by atoms with E-state index in [0.717, 1.165) is 16.1 Å². The number of anilines is 1. The molecule has 57 heavy (non-hydrogen) atoms. The smallest absolute Gasteiger partial charge is 0.260 e. The Morgan fingerprint density at radius 2 is 1.63 bits per heavy atom. The second-order valence-electron chi connectivity index (χ2n) is 15.2. The van der Waals surface area contributed by atoms with Crippen LogP contribution in [0.25, 0.3) is 0 Å². The highest BCUT2D eigenvalue weighted by molar-refractivity contribution is 6.36. The molecule has 2 aliphatic carbocycles. The number of hydrogen-bond donors (Lipinski definition) is 3. The normalized spacial score (nSPS) is 26.2. The number of aromatic hydroxyl groups is 2. The van der Waals surface area contributed by atoms with Gasteiger partial charge in [0.05, 0.1) is 47.3 Å². The number of carbonyl (C=O) groups is 4. The van der Waals surface area contributed by atoms with Gasteiger partial charge < -0.3 is 19.7 Å². The molecule has 11 nitrogen and oxygen atoms in total. The molecule has 3 aliphatic heterocycles. The zero-order chi connectivity index (χ0) is 39.7. The number of likely N-dealkylation sites (tertiary alicyclic amines) is 1. The van der Waals surface area contributed by atoms with Crippen molar-refractivity contribution >= 4 is 52.5 Å². The van der Waals surface area contributed by atoms with Crippen LogP contribution in [0.5, 0.6) is 23.0 Å². The van der Waals surface area contributed by atoms with Crippen molar-refractivity contribution in [2.24, 2.45) is 29.6 Å². The van der Waals surface area contributed by atoms with E-state index in [1.807, 2.05) is 6.08 Å². The van der Waals surface area contributed by atoms with E-state index >= 15 is 9.59 Å². The maximum absolute atomic E-state index is 15.5. The predicted octanol–water partition coefficient (Wildman–Crippen LogP) is 6.99. The molecular weight excluding hydrogens is 769 g/mol. The topological polar surface area (TPSA) is 146 Å². The Bertz CT molecular complexity index is 2410. The third-order valence-electron chi connectivity index (χ3n) is 12.4. The van der Waals surface area contributed by atoms with E-state index in [1.165, 1.54) is 17.0 Å². The highest BCUT2D eigenvalue weighted by Gasteiger charge is 2.70. The van der Waals surface area contributed by atoms with Crippen LogP contribution in [0.1, 0.15) is 29.5 Å². The van der Waals surface area contributed by atoms with Crippen molar-refractivity contribution < 1.29 is 38.9 Å². The number of imide groups is 2. The van der Waals surface area contributed by atoms with Crippen LogP contribution in [0.15, 0.2) is 108 Å². The molecule has 1 saturated carbocycles. The van der Waals surface area contributed by atoms with Crippen LogP contribution in [0, 0.1) is 29.6 Å². The van der Waals surface area contributed by atoms with Crippen molar-refractivity contribution in [3.63, 3.8) is 0 Å². The number of rotatable bonds is 8. The van der Waals surface area contributed by atoms with E-state index in [-0.39, 0.29) is 54.1 Å². The number of benzene rings is 4. The van der Waals surface area contributed by atoms with Crippen LogP contribution in [-0.2, 0) is 37.4 Å². The van der Waals surface area contributed by atoms with Crippen molar-refractivity contribution in [3.8, 4) is 23.0 Å². The molecule has 0 radical (unpaired) electrons. The van der Waals surface area contributed by atoms with Gasteiger partial charge in [-0.25, -0.2) is 0 Å². The lowest BCUT2D eigenvalue weighted by atomic mass is 9.48. The Hall–Kier alpha value is -5.78. The van der Waals surface area contributed by atoms with Gasteiger partial charge in [-0.1, -0.05) is 59.1 Å². The molecular formula is C44H37Cl2N3O8. The monoisotopic (exact) mass is 805 g/mol. The van der Waals surface area contributed by atoms with Crippen LogP contribution in [0.3, 0.4) is 0 Å². The van der Waals surface area contributed by atoms with Crippen LogP contribution in [0.4, 0.5) is 5.69 Å². The maximum Gasteiger partial charge on any atom is 0.260 e. The van der Waals surface area contributed by atoms with E-state index in [1.54, 1.807) is 86.2 Å². The first-order chi connectivity index (χ1) is 27.5. The van der Waals surface area contributed by atoms with Gasteiger partial charge in [0.2, 0.25) is 11.8 Å². The first-order valence-corrected chi connectivity index (χ1v) is 19.5. The van der Waals surface area contributed by atoms with Gasteiger partial charge in [-0.2, -0.15) is 5.01 Å². The lowest BCUT2D eigenvalue weighted by Gasteiger charge is -2.51. The summed E-state index contributed by atoms with van der Waals surface area (Å²) in [6.45, 7) is 0.163. The van der Waals surface area contributed by atoms with Crippen molar-refractivity contribution in [3.05, 3.63) is 135 Å². The Morgan fingerprint density at radius 3 is 2.37 bits per heavy atom. The number of hydrazine groups is 1. The molecule has 2 saturated heterocycles. The summed E-state index contributed by atoms with van der Waals surface area (Å²) in [5.41, 5.74) is 5.35. The van der Waals surface area contributed by atoms with E-state index in [9.17, 15) is 19.8 Å². The summed E-state index contributed by atoms with van der Waals surface area (Å²) in [6.07, 6.45) is 4.69. The third kappa shape index (κ3) is 5.86. The first-order valence-electron chi connectivity index (χ1n) is 18.7. The van der Waals surface area contributed by atoms with Crippen molar-refractivity contribution in [1.29, 1.82) is 0 Å². The molecule has 3 N–H and O–H groups in total. The first kappa shape index (κ1) is 36.8. The number of amides is 4. The third-order valence-corrected chi connectivity index (χ3v) is 12.9. The fourth-order valence-electron chi connectivity index (χ4n) is 9.85. The van der Waals surface area contributed by atoms with Gasteiger partial charge in [0.1, 0.15) is 23.0 Å². The molecule has 0 unspecified atom stereocenters. The van der Waals surface area contributed by atoms with E-state index in [4.69, 9.17) is 32.7 Å². The average molecular weight is 807 g/mol. The van der Waals surface area contributed by atoms with Crippen LogP contribution in [-0.4, -0.2) is 57.4 Å². The summed E-state index contributed by atoms with van der Waals surface area (Å²) in [7, 11) is 1.55. The zero-order valence-electron chi connectivity index (χ0n) is 30.7. The number of ether oxygens (including phenoxy) is 2. The number of carbonyl (C=O) groups excluding carboxylic acids is 4. The Balaban J connectivity index is 1.18. The maximum atomic E-state index is 15.5. The van der Waals surface area contributed by atoms with Crippen molar-refractivity contribution in [2.45, 2.75) is 31.1 Å². The van der Waals surface area contributed by atoms with Gasteiger partial charge in [-0.3, -0.25) is 29.5 Å². The van der Waals surface area contributed by atoms with Crippen LogP contribution in [0.2, 0.25) is 10.0 Å². The van der Waals surface area contributed by atoms with Gasteiger partial charge in [0, 0.05) is 29.5 Å². The number of fused-ring (bicyclic) bond motifs is 5. The molecule has 3 heterocycles. The summed E-state index contributed by atoms with van der Waals surface area (Å²) in [6, 6.07) is 23.3. The summed E-state index contributed by atoms with van der Waals surface area (Å²) in [5.74, 6) is -4.08. The lowest BCUT2D eigenvalue weighted by molar-refractivity contribution is -0.141. The summed E-state index contributed by atoms with van der Waals surface area (Å²) < 4.78 is 11.7. The average Bonchev–Trinajstić information content (AvgIpc) is 3.58. The fourth-order valence-corrected chi connectivity index (χ4v) is 10.3. The standard InChI is InChI=1S/C44H37Cl2N3O8/c1-56-30-10-4-26(5-11-30)44-34(41(53)49(43(44)55)47-36-14-6-27(45)20-35(36)46)21-33-31(39(44)25-18-24-19-29(51)9-15-37(24)57-22-25)12-13-32-38(33)42(54)48(40(32)52)17-16-23-2-7-28(50)8-3-23/h2-12,14-15,19-20,22,32-34,38-39,47,50-51H,13,16-18,21H2,1H3/t32-,33+,34-,38-,39-,44+/m0/s1. The number of hydrogen-bond acceptors (Lipinski definition) is 9. The minimum Gasteiger partial charge on any atom is -0.508 e. The van der Waals surface area contributed by atoms with E-state index < -0.39 is 46.8 Å². The SMILES string of the molecule is COc1ccc([C@@]23C(=O)N(Nc4ccc(Cl)cc4Cl)C(=O)[C@@H]2C[C@@H]2C(=CC[C@@H]4C(=O)N(CCc5ccc(O)cc5)C(=O)[C@@H]42)[C@@H]3C2=COc3ccc(O)cc3C2)cc1. The summed E-state index contributed by atoms with van der Waals surface area (Å²) in [5, 5.41) is 21.9. The molecule has 4 amide bonds. The number of halogens is 2. The number of phenols is 2. The molecule has 4 aromatic carbocycles. The molecule has 0 bridgehead atoms. The molecule has 9 rings (SSSR count). The zero-order valence-corrected chi connectivity index (χ0v) is 32.2. The number of methoxy groups -OCH3 is 1. The minimum absolute atomic E-state index is 0.0485. The number of nitrogens with zero attached hydrogens (tertiary/aromatic N) is 2. The van der Waals surface area contributed by atoms with Gasteiger partial charge in [0.25, 0.3) is 11.8 Å². The minimum atomic E-state index is -1.54. The Kier molecular flexibility index (Phi) is 9.05. The van der Waals surface area contributed by atoms with Crippen LogP contribution < -0.4 is 14.9 Å². The number of nitrogens with one attached hydrogen (secondary N) is 1. The van der Waals surface area contributed by atoms with Gasteiger partial charge in [-0.15, -0.1) is 0 Å². The highest BCUT2D eigenvalue weighted by atomic mass is 35.5. The van der Waals surface area contributed by atoms with E-state index in [2.05, 4.69) is 5.43 Å².